The number of nitro benzene ring substituents is 1. The van der Waals surface area contributed by atoms with E-state index in [4.69, 9.17) is 0 Å². The van der Waals surface area contributed by atoms with Gasteiger partial charge < -0.3 is 14.7 Å². The number of hydrogen-bond donors (Lipinski definition) is 0. The van der Waals surface area contributed by atoms with Crippen LogP contribution >= 0.6 is 0 Å². The number of rotatable bonds is 6. The van der Waals surface area contributed by atoms with Crippen LogP contribution in [0.4, 0.5) is 25.8 Å². The van der Waals surface area contributed by atoms with Crippen LogP contribution in [0.15, 0.2) is 36.4 Å². The highest BCUT2D eigenvalue weighted by Gasteiger charge is 2.28. The van der Waals surface area contributed by atoms with Crippen LogP contribution in [0.2, 0.25) is 0 Å². The summed E-state index contributed by atoms with van der Waals surface area (Å²) in [5.41, 5.74) is 0.769. The molecule has 2 aromatic rings. The van der Waals surface area contributed by atoms with Crippen molar-refractivity contribution in [2.75, 3.05) is 49.1 Å². The van der Waals surface area contributed by atoms with E-state index in [1.54, 1.807) is 14.7 Å². The van der Waals surface area contributed by atoms with Gasteiger partial charge in [0.25, 0.3) is 11.6 Å². The summed E-state index contributed by atoms with van der Waals surface area (Å²) < 4.78 is 27.6. The summed E-state index contributed by atoms with van der Waals surface area (Å²) in [7, 11) is 0. The molecule has 0 bridgehead atoms. The van der Waals surface area contributed by atoms with Gasteiger partial charge in [-0.15, -0.1) is 0 Å². The van der Waals surface area contributed by atoms with E-state index < -0.39 is 16.6 Å². The van der Waals surface area contributed by atoms with Crippen molar-refractivity contribution in [2.45, 2.75) is 13.8 Å². The SMILES string of the molecule is CCN(CC)c1cc(N2CCN(C(=O)c3ccc(F)cc3)CC2)c([N+](=O)[O-])cc1F. The molecule has 0 atom stereocenters. The van der Waals surface area contributed by atoms with Gasteiger partial charge in [-0.05, 0) is 44.2 Å². The molecule has 0 saturated carbocycles. The fraction of sp³-hybridized carbons (Fsp3) is 0.381. The van der Waals surface area contributed by atoms with E-state index in [9.17, 15) is 23.7 Å². The quantitative estimate of drug-likeness (QED) is 0.529. The number of nitrogens with zero attached hydrogens (tertiary/aromatic N) is 4. The molecule has 1 heterocycles. The summed E-state index contributed by atoms with van der Waals surface area (Å²) >= 11 is 0. The first-order chi connectivity index (χ1) is 14.3. The van der Waals surface area contributed by atoms with E-state index in [0.717, 1.165) is 6.07 Å². The summed E-state index contributed by atoms with van der Waals surface area (Å²) in [4.78, 5) is 28.8. The lowest BCUT2D eigenvalue weighted by molar-refractivity contribution is -0.384. The Balaban J connectivity index is 1.81. The van der Waals surface area contributed by atoms with Crippen LogP contribution in [-0.2, 0) is 0 Å². The molecule has 0 aromatic heterocycles. The second-order valence-corrected chi connectivity index (χ2v) is 7.01. The maximum atomic E-state index is 14.5. The molecule has 1 aliphatic heterocycles. The first-order valence-corrected chi connectivity index (χ1v) is 9.88. The molecule has 1 aliphatic rings. The van der Waals surface area contributed by atoms with Gasteiger partial charge in [0.1, 0.15) is 11.5 Å². The van der Waals surface area contributed by atoms with Crippen molar-refractivity contribution in [1.82, 2.24) is 4.90 Å². The third-order valence-electron chi connectivity index (χ3n) is 5.34. The lowest BCUT2D eigenvalue weighted by Gasteiger charge is -2.36. The normalized spacial score (nSPS) is 14.0. The number of piperazine rings is 1. The minimum Gasteiger partial charge on any atom is -0.370 e. The second-order valence-electron chi connectivity index (χ2n) is 7.01. The summed E-state index contributed by atoms with van der Waals surface area (Å²) in [6.07, 6.45) is 0. The average Bonchev–Trinajstić information content (AvgIpc) is 2.75. The third kappa shape index (κ3) is 4.34. The highest BCUT2D eigenvalue weighted by Crippen LogP contribution is 2.35. The zero-order valence-corrected chi connectivity index (χ0v) is 17.0. The summed E-state index contributed by atoms with van der Waals surface area (Å²) in [6.45, 7) is 6.38. The van der Waals surface area contributed by atoms with Gasteiger partial charge in [-0.2, -0.15) is 0 Å². The molecule has 0 radical (unpaired) electrons. The fourth-order valence-electron chi connectivity index (χ4n) is 3.67. The third-order valence-corrected chi connectivity index (χ3v) is 5.34. The van der Waals surface area contributed by atoms with Crippen molar-refractivity contribution in [2.24, 2.45) is 0 Å². The number of anilines is 2. The van der Waals surface area contributed by atoms with Gasteiger partial charge in [-0.3, -0.25) is 14.9 Å². The number of carbonyl (C=O) groups is 1. The molecule has 0 N–H and O–H groups in total. The van der Waals surface area contributed by atoms with Gasteiger partial charge in [-0.25, -0.2) is 8.78 Å². The summed E-state index contributed by atoms with van der Waals surface area (Å²) in [5.74, 6) is -1.25. The van der Waals surface area contributed by atoms with Gasteiger partial charge in [0.2, 0.25) is 0 Å². The number of hydrogen-bond acceptors (Lipinski definition) is 5. The monoisotopic (exact) mass is 418 g/mol. The molecule has 1 saturated heterocycles. The number of halogens is 2. The fourth-order valence-corrected chi connectivity index (χ4v) is 3.67. The average molecular weight is 418 g/mol. The van der Waals surface area contributed by atoms with Crippen LogP contribution in [-0.4, -0.2) is 55.0 Å². The molecule has 2 aromatic carbocycles. The molecule has 7 nitrogen and oxygen atoms in total. The smallest absolute Gasteiger partial charge is 0.295 e. The lowest BCUT2D eigenvalue weighted by atomic mass is 10.1. The predicted molar refractivity (Wildman–Crippen MR) is 111 cm³/mol. The number of carbonyl (C=O) groups excluding carboxylic acids is 1. The van der Waals surface area contributed by atoms with Gasteiger partial charge in [0.15, 0.2) is 5.82 Å². The zero-order valence-electron chi connectivity index (χ0n) is 17.0. The van der Waals surface area contributed by atoms with E-state index in [-0.39, 0.29) is 11.6 Å². The van der Waals surface area contributed by atoms with Gasteiger partial charge in [-0.1, -0.05) is 0 Å². The Morgan fingerprint density at radius 3 is 2.20 bits per heavy atom. The molecule has 3 rings (SSSR count). The number of amides is 1. The Hall–Kier alpha value is -3.23. The number of benzene rings is 2. The molecule has 160 valence electrons. The lowest BCUT2D eigenvalue weighted by Crippen LogP contribution is -2.49. The zero-order chi connectivity index (χ0) is 21.8. The molecule has 0 aliphatic carbocycles. The van der Waals surface area contributed by atoms with E-state index in [2.05, 4.69) is 0 Å². The topological polar surface area (TPSA) is 69.9 Å². The molecule has 30 heavy (non-hydrogen) atoms. The van der Waals surface area contributed by atoms with Gasteiger partial charge in [0.05, 0.1) is 16.7 Å². The molecule has 0 unspecified atom stereocenters. The highest BCUT2D eigenvalue weighted by atomic mass is 19.1. The van der Waals surface area contributed by atoms with E-state index in [1.807, 2.05) is 13.8 Å². The molecule has 0 spiro atoms. The first kappa shape index (κ1) is 21.5. The van der Waals surface area contributed by atoms with Crippen LogP contribution < -0.4 is 9.80 Å². The van der Waals surface area contributed by atoms with Crippen molar-refractivity contribution in [3.05, 3.63) is 63.7 Å². The van der Waals surface area contributed by atoms with Gasteiger partial charge in [0, 0.05) is 44.8 Å². The molecule has 9 heteroatoms. The maximum Gasteiger partial charge on any atom is 0.295 e. The highest BCUT2D eigenvalue weighted by molar-refractivity contribution is 5.94. The van der Waals surface area contributed by atoms with Gasteiger partial charge >= 0.3 is 0 Å². The Labute approximate surface area is 173 Å². The van der Waals surface area contributed by atoms with Crippen LogP contribution in [0.3, 0.4) is 0 Å². The van der Waals surface area contributed by atoms with Crippen molar-refractivity contribution in [3.8, 4) is 0 Å². The van der Waals surface area contributed by atoms with E-state index >= 15 is 0 Å². The van der Waals surface area contributed by atoms with Crippen molar-refractivity contribution < 1.29 is 18.5 Å². The Morgan fingerprint density at radius 1 is 1.07 bits per heavy atom. The standard InChI is InChI=1S/C21H24F2N4O3/c1-3-24(4-2)18-14-19(20(27(29)30)13-17(18)23)25-9-11-26(12-10-25)21(28)15-5-7-16(22)8-6-15/h5-8,13-14H,3-4,9-12H2,1-2H3. The minimum absolute atomic E-state index is 0.216. The van der Waals surface area contributed by atoms with Crippen molar-refractivity contribution >= 4 is 23.0 Å². The van der Waals surface area contributed by atoms with Crippen LogP contribution in [0, 0.1) is 21.7 Å². The maximum absolute atomic E-state index is 14.5. The minimum atomic E-state index is -0.626. The Morgan fingerprint density at radius 2 is 1.67 bits per heavy atom. The molecular weight excluding hydrogens is 394 g/mol. The first-order valence-electron chi connectivity index (χ1n) is 9.88. The Kier molecular flexibility index (Phi) is 6.49. The van der Waals surface area contributed by atoms with Crippen molar-refractivity contribution in [1.29, 1.82) is 0 Å². The number of nitro groups is 1. The van der Waals surface area contributed by atoms with Crippen LogP contribution in [0.1, 0.15) is 24.2 Å². The van der Waals surface area contributed by atoms with Crippen LogP contribution in [0.5, 0.6) is 0 Å². The summed E-state index contributed by atoms with van der Waals surface area (Å²) in [5, 5.41) is 11.5. The Bertz CT molecular complexity index is 925. The second kappa shape index (κ2) is 9.06. The van der Waals surface area contributed by atoms with E-state index in [1.165, 1.54) is 30.3 Å². The van der Waals surface area contributed by atoms with Crippen LogP contribution in [0.25, 0.3) is 0 Å². The molecule has 1 fully saturated rings. The largest absolute Gasteiger partial charge is 0.370 e. The molecular formula is C21H24F2N4O3. The molecule has 1 amide bonds. The van der Waals surface area contributed by atoms with Crippen molar-refractivity contribution in [3.63, 3.8) is 0 Å². The summed E-state index contributed by atoms with van der Waals surface area (Å²) in [6, 6.07) is 7.84. The predicted octanol–water partition coefficient (Wildman–Crippen LogP) is 3.68. The van der Waals surface area contributed by atoms with E-state index in [0.29, 0.717) is 56.2 Å².